The third-order valence-electron chi connectivity index (χ3n) is 6.28. The Morgan fingerprint density at radius 3 is 2.62 bits per heavy atom. The number of nitrogens with zero attached hydrogens (tertiary/aromatic N) is 3. The second kappa shape index (κ2) is 12.6. The summed E-state index contributed by atoms with van der Waals surface area (Å²) >= 11 is 5.05. The molecule has 2 N–H and O–H groups in total. The summed E-state index contributed by atoms with van der Waals surface area (Å²) in [6, 6.07) is 22.7. The van der Waals surface area contributed by atoms with Crippen LogP contribution in [-0.2, 0) is 11.4 Å². The van der Waals surface area contributed by atoms with E-state index in [1.54, 1.807) is 16.4 Å². The number of thioether (sulfide) groups is 1. The average molecular weight is 621 g/mol. The van der Waals surface area contributed by atoms with E-state index in [0.717, 1.165) is 27.1 Å². The molecule has 0 bridgehead atoms. The van der Waals surface area contributed by atoms with Crippen molar-refractivity contribution in [2.75, 3.05) is 23.0 Å². The molecule has 1 aromatic heterocycles. The number of anilines is 2. The van der Waals surface area contributed by atoms with E-state index < -0.39 is 6.04 Å². The lowest BCUT2D eigenvalue weighted by Gasteiger charge is -2.29. The molecule has 4 aromatic rings. The summed E-state index contributed by atoms with van der Waals surface area (Å²) in [6.45, 7) is 6.80. The van der Waals surface area contributed by atoms with Crippen LogP contribution in [0.15, 0.2) is 93.7 Å². The van der Waals surface area contributed by atoms with Crippen molar-refractivity contribution in [3.63, 3.8) is 0 Å². The van der Waals surface area contributed by atoms with Gasteiger partial charge in [0.1, 0.15) is 24.1 Å². The highest BCUT2D eigenvalue weighted by Gasteiger charge is 2.34. The highest BCUT2D eigenvalue weighted by atomic mass is 79.9. The number of aromatic nitrogens is 3. The van der Waals surface area contributed by atoms with Crippen LogP contribution in [0.2, 0.25) is 0 Å². The Labute approximate surface area is 246 Å². The lowest BCUT2D eigenvalue weighted by Crippen LogP contribution is -2.31. The van der Waals surface area contributed by atoms with Gasteiger partial charge in [0.05, 0.1) is 17.9 Å². The summed E-state index contributed by atoms with van der Waals surface area (Å²) in [7, 11) is 0. The first-order valence-corrected chi connectivity index (χ1v) is 14.8. The van der Waals surface area contributed by atoms with E-state index in [1.807, 2.05) is 86.6 Å². The van der Waals surface area contributed by atoms with Gasteiger partial charge in [-0.2, -0.15) is 4.98 Å². The molecule has 0 spiro atoms. The summed E-state index contributed by atoms with van der Waals surface area (Å²) in [6.07, 6.45) is 0. The van der Waals surface area contributed by atoms with Crippen LogP contribution in [0, 0.1) is 0 Å². The van der Waals surface area contributed by atoms with Gasteiger partial charge in [-0.15, -0.1) is 5.10 Å². The van der Waals surface area contributed by atoms with Gasteiger partial charge in [-0.05, 0) is 67.1 Å². The number of hydrogen-bond donors (Lipinski definition) is 2. The van der Waals surface area contributed by atoms with Crippen LogP contribution >= 0.6 is 27.7 Å². The fourth-order valence-corrected chi connectivity index (χ4v) is 5.51. The third kappa shape index (κ3) is 6.18. The second-order valence-corrected chi connectivity index (χ2v) is 11.2. The molecule has 0 saturated carbocycles. The molecule has 40 heavy (non-hydrogen) atoms. The van der Waals surface area contributed by atoms with Crippen molar-refractivity contribution in [1.29, 1.82) is 0 Å². The largest absolute Gasteiger partial charge is 0.492 e. The van der Waals surface area contributed by atoms with Gasteiger partial charge in [0, 0.05) is 10.2 Å². The number of hydrogen-bond acceptors (Lipinski definition) is 7. The molecular weight excluding hydrogens is 590 g/mol. The van der Waals surface area contributed by atoms with E-state index >= 15 is 0 Å². The first kappa shape index (κ1) is 27.8. The number of benzene rings is 3. The number of para-hydroxylation sites is 2. The summed E-state index contributed by atoms with van der Waals surface area (Å²) in [5.74, 6) is 2.54. The van der Waals surface area contributed by atoms with Gasteiger partial charge < -0.3 is 20.1 Å². The lowest BCUT2D eigenvalue weighted by molar-refractivity contribution is -0.113. The van der Waals surface area contributed by atoms with Gasteiger partial charge in [-0.3, -0.25) is 4.79 Å². The number of rotatable bonds is 10. The Balaban J connectivity index is 1.46. The number of allylic oxidation sites excluding steroid dienone is 1. The molecule has 0 radical (unpaired) electrons. The number of carbonyl (C=O) groups is 1. The number of fused-ring (bicyclic) bond motifs is 1. The van der Waals surface area contributed by atoms with E-state index in [0.29, 0.717) is 47.0 Å². The zero-order chi connectivity index (χ0) is 28.1. The average Bonchev–Trinajstić information content (AvgIpc) is 3.34. The van der Waals surface area contributed by atoms with Gasteiger partial charge in [-0.1, -0.05) is 71.0 Å². The van der Waals surface area contributed by atoms with E-state index in [2.05, 4.69) is 38.5 Å². The van der Waals surface area contributed by atoms with Crippen molar-refractivity contribution in [3.05, 3.63) is 99.7 Å². The molecule has 10 heteroatoms. The predicted molar refractivity (Wildman–Crippen MR) is 162 cm³/mol. The maximum absolute atomic E-state index is 13.9. The number of amides is 1. The number of ether oxygens (including phenoxy) is 2. The fourth-order valence-electron chi connectivity index (χ4n) is 4.50. The van der Waals surface area contributed by atoms with Gasteiger partial charge in [0.25, 0.3) is 5.91 Å². The molecule has 2 heterocycles. The second-order valence-electron chi connectivity index (χ2n) is 9.03. The Bertz CT molecular complexity index is 1540. The van der Waals surface area contributed by atoms with Crippen LogP contribution in [0.5, 0.6) is 11.5 Å². The highest BCUT2D eigenvalue weighted by Crippen LogP contribution is 2.38. The van der Waals surface area contributed by atoms with Crippen LogP contribution in [0.1, 0.15) is 37.9 Å². The highest BCUT2D eigenvalue weighted by molar-refractivity contribution is 9.10. The fraction of sp³-hybridized carbons (Fsp3) is 0.233. The van der Waals surface area contributed by atoms with Crippen molar-refractivity contribution in [3.8, 4) is 11.5 Å². The third-order valence-corrected chi connectivity index (χ3v) is 7.49. The molecule has 0 fully saturated rings. The Morgan fingerprint density at radius 2 is 1.88 bits per heavy atom. The minimum Gasteiger partial charge on any atom is -0.492 e. The SMILES string of the molecule is CCOc1ccccc1NC(=O)C1=C(C)Nc2nc(SCC)nn2C1c1ccc(OCc2cccc(Br)c2)cc1. The van der Waals surface area contributed by atoms with Crippen LogP contribution in [0.4, 0.5) is 11.6 Å². The Kier molecular flexibility index (Phi) is 8.76. The number of nitrogens with one attached hydrogen (secondary N) is 2. The summed E-state index contributed by atoms with van der Waals surface area (Å²) in [5, 5.41) is 11.8. The zero-order valence-corrected chi connectivity index (χ0v) is 24.9. The van der Waals surface area contributed by atoms with Crippen LogP contribution in [0.3, 0.4) is 0 Å². The molecular formula is C30H30BrN5O3S. The molecule has 8 nitrogen and oxygen atoms in total. The van der Waals surface area contributed by atoms with E-state index in [1.165, 1.54) is 0 Å². The maximum atomic E-state index is 13.9. The van der Waals surface area contributed by atoms with Crippen LogP contribution in [-0.4, -0.2) is 33.0 Å². The summed E-state index contributed by atoms with van der Waals surface area (Å²) in [5.41, 5.74) is 3.81. The first-order chi connectivity index (χ1) is 19.5. The van der Waals surface area contributed by atoms with Crippen LogP contribution < -0.4 is 20.1 Å². The monoisotopic (exact) mass is 619 g/mol. The predicted octanol–water partition coefficient (Wildman–Crippen LogP) is 7.06. The summed E-state index contributed by atoms with van der Waals surface area (Å²) < 4.78 is 14.6. The molecule has 1 aliphatic heterocycles. The smallest absolute Gasteiger partial charge is 0.255 e. The lowest BCUT2D eigenvalue weighted by atomic mass is 9.95. The number of halogens is 1. The van der Waals surface area contributed by atoms with E-state index in [4.69, 9.17) is 14.6 Å². The van der Waals surface area contributed by atoms with Crippen molar-refractivity contribution >= 4 is 45.2 Å². The molecule has 206 valence electrons. The van der Waals surface area contributed by atoms with Crippen molar-refractivity contribution in [1.82, 2.24) is 14.8 Å². The van der Waals surface area contributed by atoms with Gasteiger partial charge in [0.2, 0.25) is 11.1 Å². The molecule has 1 aliphatic rings. The minimum atomic E-state index is -0.492. The molecule has 1 amide bonds. The minimum absolute atomic E-state index is 0.247. The normalized spacial score (nSPS) is 14.3. The number of carbonyl (C=O) groups excluding carboxylic acids is 1. The zero-order valence-electron chi connectivity index (χ0n) is 22.5. The molecule has 0 saturated heterocycles. The topological polar surface area (TPSA) is 90.3 Å². The molecule has 5 rings (SSSR count). The van der Waals surface area contributed by atoms with E-state index in [-0.39, 0.29) is 5.91 Å². The van der Waals surface area contributed by atoms with Gasteiger partial charge in [0.15, 0.2) is 0 Å². The van der Waals surface area contributed by atoms with Crippen LogP contribution in [0.25, 0.3) is 0 Å². The molecule has 0 aliphatic carbocycles. The standard InChI is InChI=1S/C30H30BrN5O3S/c1-4-38-25-12-7-6-11-24(25)33-28(37)26-19(3)32-29-34-30(40-5-2)35-36(29)27(26)21-13-15-23(16-14-21)39-18-20-9-8-10-22(31)17-20/h6-17,27H,4-5,18H2,1-3H3,(H,33,37)(H,32,34,35). The summed E-state index contributed by atoms with van der Waals surface area (Å²) in [4.78, 5) is 18.5. The van der Waals surface area contributed by atoms with Crippen molar-refractivity contribution < 1.29 is 14.3 Å². The van der Waals surface area contributed by atoms with Gasteiger partial charge in [-0.25, -0.2) is 4.68 Å². The molecule has 3 aromatic carbocycles. The van der Waals surface area contributed by atoms with Crippen molar-refractivity contribution in [2.45, 2.75) is 38.6 Å². The maximum Gasteiger partial charge on any atom is 0.255 e. The Morgan fingerprint density at radius 1 is 1.07 bits per heavy atom. The quantitative estimate of drug-likeness (QED) is 0.184. The van der Waals surface area contributed by atoms with Crippen molar-refractivity contribution in [2.24, 2.45) is 0 Å². The molecule has 1 unspecified atom stereocenters. The first-order valence-electron chi connectivity index (χ1n) is 13.0. The van der Waals surface area contributed by atoms with Gasteiger partial charge >= 0.3 is 0 Å². The molecule has 1 atom stereocenters. The Hall–Kier alpha value is -3.76. The van der Waals surface area contributed by atoms with E-state index in [9.17, 15) is 4.79 Å².